The molecule has 0 bridgehead atoms. The van der Waals surface area contributed by atoms with Crippen LogP contribution in [0.25, 0.3) is 16.9 Å². The van der Waals surface area contributed by atoms with Crippen LogP contribution in [0, 0.1) is 5.92 Å². The summed E-state index contributed by atoms with van der Waals surface area (Å²) in [5.74, 6) is 1.51. The van der Waals surface area contributed by atoms with E-state index in [2.05, 4.69) is 59.8 Å². The fourth-order valence-electron chi connectivity index (χ4n) is 4.35. The van der Waals surface area contributed by atoms with E-state index in [1.165, 1.54) is 0 Å². The normalized spacial score (nSPS) is 21.5. The first-order chi connectivity index (χ1) is 14.3. The number of aromatic nitrogens is 4. The maximum absolute atomic E-state index is 10.5. The van der Waals surface area contributed by atoms with Gasteiger partial charge in [-0.05, 0) is 57.5 Å². The fraction of sp³-hybridized carbons (Fsp3) is 0.435. The highest BCUT2D eigenvalue weighted by Crippen LogP contribution is 2.36. The van der Waals surface area contributed by atoms with Gasteiger partial charge < -0.3 is 19.5 Å². The first-order valence-electron chi connectivity index (χ1n) is 10.4. The summed E-state index contributed by atoms with van der Waals surface area (Å²) in [5, 5.41) is 19.4. The summed E-state index contributed by atoms with van der Waals surface area (Å²) >= 11 is 0. The minimum atomic E-state index is 0.132. The fourth-order valence-corrected chi connectivity index (χ4v) is 4.35. The molecule has 3 aromatic rings. The summed E-state index contributed by atoms with van der Waals surface area (Å²) in [6, 6.07) is 9.82. The molecule has 2 atom stereocenters. The number of imidazole rings is 1. The van der Waals surface area contributed by atoms with Crippen molar-refractivity contribution in [1.82, 2.24) is 24.6 Å². The molecule has 2 unspecified atom stereocenters. The molecule has 4 rings (SSSR count). The van der Waals surface area contributed by atoms with Crippen molar-refractivity contribution in [1.29, 1.82) is 0 Å². The molecule has 7 nitrogen and oxygen atoms in total. The number of benzene rings is 1. The van der Waals surface area contributed by atoms with E-state index in [4.69, 9.17) is 0 Å². The first-order valence-corrected chi connectivity index (χ1v) is 10.4. The Labute approximate surface area is 178 Å². The Hall–Kier alpha value is -2.93. The van der Waals surface area contributed by atoms with Crippen LogP contribution in [0.5, 0.6) is 5.75 Å². The van der Waals surface area contributed by atoms with Crippen molar-refractivity contribution in [3.05, 3.63) is 49.1 Å². The van der Waals surface area contributed by atoms with Crippen LogP contribution in [0.15, 0.2) is 49.1 Å². The van der Waals surface area contributed by atoms with E-state index in [0.717, 1.165) is 24.5 Å². The van der Waals surface area contributed by atoms with Crippen molar-refractivity contribution in [2.75, 3.05) is 25.5 Å². The molecular formula is C23H30N6O. The molecule has 30 heavy (non-hydrogen) atoms. The molecule has 7 heteroatoms. The Morgan fingerprint density at radius 1 is 1.17 bits per heavy atom. The average molecular weight is 407 g/mol. The number of nitrogens with zero attached hydrogens (tertiary/aromatic N) is 6. The topological polar surface area (TPSA) is 70.3 Å². The highest BCUT2D eigenvalue weighted by atomic mass is 16.3. The summed E-state index contributed by atoms with van der Waals surface area (Å²) in [4.78, 5) is 8.73. The molecule has 1 aliphatic heterocycles. The largest absolute Gasteiger partial charge is 0.507 e. The van der Waals surface area contributed by atoms with Crippen LogP contribution < -0.4 is 4.90 Å². The summed E-state index contributed by atoms with van der Waals surface area (Å²) < 4.78 is 1.84. The van der Waals surface area contributed by atoms with Crippen LogP contribution in [-0.2, 0) is 0 Å². The lowest BCUT2D eigenvalue weighted by molar-refractivity contribution is 0.0391. The molecular weight excluding hydrogens is 376 g/mol. The molecule has 0 amide bonds. The zero-order valence-corrected chi connectivity index (χ0v) is 18.3. The molecule has 1 aliphatic rings. The minimum Gasteiger partial charge on any atom is -0.507 e. The Morgan fingerprint density at radius 2 is 1.97 bits per heavy atom. The van der Waals surface area contributed by atoms with Gasteiger partial charge in [0.25, 0.3) is 0 Å². The molecule has 2 aromatic heterocycles. The number of hydrogen-bond acceptors (Lipinski definition) is 6. The van der Waals surface area contributed by atoms with E-state index < -0.39 is 0 Å². The Kier molecular flexibility index (Phi) is 5.24. The standard InChI is InChI=1S/C23H30N6O/c1-16-20(10-12-27(4)23(16,2)3)28(5)22-9-8-19(25-26-22)18-7-6-17(14-21(18)30)29-13-11-24-15-29/h6-9,11,13-16,20,30H,10,12H2,1-5H3. The smallest absolute Gasteiger partial charge is 0.151 e. The van der Waals surface area contributed by atoms with Gasteiger partial charge in [0, 0.05) is 49.2 Å². The van der Waals surface area contributed by atoms with Gasteiger partial charge in [0.1, 0.15) is 5.75 Å². The number of aromatic hydroxyl groups is 1. The van der Waals surface area contributed by atoms with Gasteiger partial charge in [-0.1, -0.05) is 6.92 Å². The molecule has 1 fully saturated rings. The predicted molar refractivity (Wildman–Crippen MR) is 119 cm³/mol. The van der Waals surface area contributed by atoms with Crippen LogP contribution in [0.1, 0.15) is 27.2 Å². The Balaban J connectivity index is 1.54. The highest BCUT2D eigenvalue weighted by molar-refractivity contribution is 5.69. The van der Waals surface area contributed by atoms with Crippen molar-refractivity contribution < 1.29 is 5.11 Å². The van der Waals surface area contributed by atoms with Gasteiger partial charge in [0.2, 0.25) is 0 Å². The second-order valence-electron chi connectivity index (χ2n) is 8.78. The SMILES string of the molecule is CC1C(N(C)c2ccc(-c3ccc(-n4ccnc4)cc3O)nn2)CCN(C)C1(C)C. The zero-order chi connectivity index (χ0) is 21.5. The first kappa shape index (κ1) is 20.3. The van der Waals surface area contributed by atoms with Gasteiger partial charge >= 0.3 is 0 Å². The number of likely N-dealkylation sites (tertiary alicyclic amines) is 1. The third kappa shape index (κ3) is 3.54. The zero-order valence-electron chi connectivity index (χ0n) is 18.3. The van der Waals surface area contributed by atoms with Gasteiger partial charge in [-0.3, -0.25) is 0 Å². The quantitative estimate of drug-likeness (QED) is 0.714. The maximum atomic E-state index is 10.5. The number of phenolic OH excluding ortho intramolecular Hbond substituents is 1. The molecule has 0 radical (unpaired) electrons. The van der Waals surface area contributed by atoms with Gasteiger partial charge in [0.15, 0.2) is 5.82 Å². The van der Waals surface area contributed by atoms with Crippen molar-refractivity contribution in [3.63, 3.8) is 0 Å². The van der Waals surface area contributed by atoms with E-state index >= 15 is 0 Å². The predicted octanol–water partition coefficient (Wildman–Crippen LogP) is 3.59. The van der Waals surface area contributed by atoms with E-state index in [-0.39, 0.29) is 11.3 Å². The van der Waals surface area contributed by atoms with E-state index in [1.807, 2.05) is 35.0 Å². The Bertz CT molecular complexity index is 999. The number of hydrogen-bond donors (Lipinski definition) is 1. The van der Waals surface area contributed by atoms with Gasteiger partial charge in [0.05, 0.1) is 17.7 Å². The second kappa shape index (κ2) is 7.72. The molecule has 158 valence electrons. The molecule has 1 saturated heterocycles. The van der Waals surface area contributed by atoms with Crippen LogP contribution >= 0.6 is 0 Å². The summed E-state index contributed by atoms with van der Waals surface area (Å²) in [6.45, 7) is 8.00. The lowest BCUT2D eigenvalue weighted by Crippen LogP contribution is -2.59. The minimum absolute atomic E-state index is 0.132. The molecule has 0 saturated carbocycles. The van der Waals surface area contributed by atoms with Gasteiger partial charge in [-0.2, -0.15) is 0 Å². The number of anilines is 1. The molecule has 0 aliphatic carbocycles. The summed E-state index contributed by atoms with van der Waals surface area (Å²) in [7, 11) is 4.30. The third-order valence-electron chi connectivity index (χ3n) is 7.00. The number of piperidine rings is 1. The molecule has 1 aromatic carbocycles. The van der Waals surface area contributed by atoms with Crippen molar-refractivity contribution in [3.8, 4) is 22.7 Å². The van der Waals surface area contributed by atoms with Crippen LogP contribution in [-0.4, -0.2) is 62.0 Å². The molecule has 1 N–H and O–H groups in total. The van der Waals surface area contributed by atoms with Crippen molar-refractivity contribution in [2.24, 2.45) is 5.92 Å². The molecule has 0 spiro atoms. The van der Waals surface area contributed by atoms with Gasteiger partial charge in [-0.15, -0.1) is 10.2 Å². The van der Waals surface area contributed by atoms with Crippen LogP contribution in [0.4, 0.5) is 5.82 Å². The summed E-state index contributed by atoms with van der Waals surface area (Å²) in [6.07, 6.45) is 6.34. The second-order valence-corrected chi connectivity index (χ2v) is 8.78. The highest BCUT2D eigenvalue weighted by Gasteiger charge is 2.41. The molecule has 3 heterocycles. The number of phenols is 1. The summed E-state index contributed by atoms with van der Waals surface area (Å²) in [5.41, 5.74) is 2.29. The van der Waals surface area contributed by atoms with E-state index in [0.29, 0.717) is 23.2 Å². The van der Waals surface area contributed by atoms with Crippen LogP contribution in [0.3, 0.4) is 0 Å². The van der Waals surface area contributed by atoms with Crippen LogP contribution in [0.2, 0.25) is 0 Å². The van der Waals surface area contributed by atoms with Crippen molar-refractivity contribution >= 4 is 5.82 Å². The lowest BCUT2D eigenvalue weighted by atomic mass is 9.77. The van der Waals surface area contributed by atoms with E-state index in [9.17, 15) is 5.11 Å². The Morgan fingerprint density at radius 3 is 2.60 bits per heavy atom. The lowest BCUT2D eigenvalue weighted by Gasteiger charge is -2.51. The maximum Gasteiger partial charge on any atom is 0.151 e. The third-order valence-corrected chi connectivity index (χ3v) is 7.00. The number of rotatable bonds is 4. The van der Waals surface area contributed by atoms with Crippen molar-refractivity contribution in [2.45, 2.75) is 38.8 Å². The van der Waals surface area contributed by atoms with Gasteiger partial charge in [-0.25, -0.2) is 4.98 Å². The average Bonchev–Trinajstić information content (AvgIpc) is 3.27. The van der Waals surface area contributed by atoms with E-state index in [1.54, 1.807) is 18.6 Å². The monoisotopic (exact) mass is 406 g/mol.